The monoisotopic (exact) mass is 388 g/mol. The molecule has 0 unspecified atom stereocenters. The summed E-state index contributed by atoms with van der Waals surface area (Å²) in [4.78, 5) is 4.68. The predicted molar refractivity (Wildman–Crippen MR) is 127 cm³/mol. The van der Waals surface area contributed by atoms with Gasteiger partial charge in [0.1, 0.15) is 0 Å². The van der Waals surface area contributed by atoms with Crippen LogP contribution in [-0.4, -0.2) is 12.1 Å². The lowest BCUT2D eigenvalue weighted by Gasteiger charge is -2.43. The van der Waals surface area contributed by atoms with Crippen molar-refractivity contribution in [2.45, 2.75) is 54.0 Å². The van der Waals surface area contributed by atoms with E-state index in [0.29, 0.717) is 5.41 Å². The number of rotatable bonds is 2. The summed E-state index contributed by atoms with van der Waals surface area (Å²) >= 11 is 0. The van der Waals surface area contributed by atoms with E-state index in [4.69, 9.17) is 0 Å². The Bertz CT molecular complexity index is 873. The van der Waals surface area contributed by atoms with Crippen molar-refractivity contribution < 1.29 is 0 Å². The first-order valence-corrected chi connectivity index (χ1v) is 10.6. The number of hydrogen-bond donors (Lipinski definition) is 0. The Morgan fingerprint density at radius 3 is 1.66 bits per heavy atom. The van der Waals surface area contributed by atoms with Crippen LogP contribution < -0.4 is 9.80 Å². The van der Waals surface area contributed by atoms with Crippen LogP contribution in [-0.2, 0) is 0 Å². The Balaban J connectivity index is 0.000000169. The second-order valence-electron chi connectivity index (χ2n) is 9.97. The molecule has 4 rings (SSSR count). The Morgan fingerprint density at radius 2 is 1.24 bits per heavy atom. The largest absolute Gasteiger partial charge is 0.347 e. The average Bonchev–Trinajstić information content (AvgIpc) is 3.13. The summed E-state index contributed by atoms with van der Waals surface area (Å²) in [5.74, 6) is 0. The molecule has 0 N–H and O–H groups in total. The van der Waals surface area contributed by atoms with Crippen molar-refractivity contribution in [2.24, 2.45) is 10.8 Å². The molecule has 2 nitrogen and oxygen atoms in total. The quantitative estimate of drug-likeness (QED) is 0.534. The van der Waals surface area contributed by atoms with Crippen molar-refractivity contribution in [1.29, 1.82) is 0 Å². The maximum Gasteiger partial charge on any atom is 0.0477 e. The number of benzene rings is 2. The maximum absolute atomic E-state index is 2.39. The highest BCUT2D eigenvalue weighted by molar-refractivity contribution is 5.57. The molecule has 0 saturated carbocycles. The van der Waals surface area contributed by atoms with Gasteiger partial charge < -0.3 is 9.80 Å². The summed E-state index contributed by atoms with van der Waals surface area (Å²) in [5.41, 5.74) is 4.65. The molecule has 29 heavy (non-hydrogen) atoms. The van der Waals surface area contributed by atoms with E-state index in [-0.39, 0.29) is 11.0 Å². The van der Waals surface area contributed by atoms with Gasteiger partial charge in [-0.2, -0.15) is 0 Å². The number of anilines is 2. The average molecular weight is 389 g/mol. The molecule has 2 aliphatic heterocycles. The zero-order valence-corrected chi connectivity index (χ0v) is 19.1. The van der Waals surface area contributed by atoms with E-state index in [1.807, 2.05) is 0 Å². The van der Waals surface area contributed by atoms with Crippen LogP contribution in [0.3, 0.4) is 0 Å². The normalized spacial score (nSPS) is 20.9. The second kappa shape index (κ2) is 7.74. The zero-order chi connectivity index (χ0) is 21.3. The van der Waals surface area contributed by atoms with E-state index in [1.54, 1.807) is 0 Å². The van der Waals surface area contributed by atoms with Crippen LogP contribution in [0.25, 0.3) is 0 Å². The first-order chi connectivity index (χ1) is 13.5. The van der Waals surface area contributed by atoms with Crippen LogP contribution in [0, 0.1) is 10.8 Å². The van der Waals surface area contributed by atoms with Gasteiger partial charge >= 0.3 is 0 Å². The third-order valence-electron chi connectivity index (χ3n) is 6.85. The van der Waals surface area contributed by atoms with Crippen LogP contribution in [0.5, 0.6) is 0 Å². The van der Waals surface area contributed by atoms with Crippen LogP contribution >= 0.6 is 0 Å². The number of hydrogen-bond acceptors (Lipinski definition) is 2. The standard InChI is InChI=1S/C15H21N.C12H15N/c1-12-11-16(13-9-7-6-8-10-13)15(4,5)14(12,2)3;1-12(2)8-9-13(10-12)11-6-4-3-5-7-11/h6-11H,1-5H3;3-9H,10H2,1-2H3. The molecule has 0 spiro atoms. The van der Waals surface area contributed by atoms with Gasteiger partial charge in [0, 0.05) is 46.7 Å². The van der Waals surface area contributed by atoms with Crippen molar-refractivity contribution in [3.63, 3.8) is 0 Å². The van der Waals surface area contributed by atoms with Gasteiger partial charge in [0.15, 0.2) is 0 Å². The number of para-hydroxylation sites is 2. The molecule has 2 heteroatoms. The second-order valence-corrected chi connectivity index (χ2v) is 9.97. The van der Waals surface area contributed by atoms with Gasteiger partial charge in [-0.3, -0.25) is 0 Å². The molecule has 0 atom stereocenters. The number of nitrogens with zero attached hydrogens (tertiary/aromatic N) is 2. The molecule has 0 fully saturated rings. The SMILES string of the molecule is CC1(C)C=CN(c2ccccc2)C1.CC1=CN(c2ccccc2)C(C)(C)C1(C)C. The summed E-state index contributed by atoms with van der Waals surface area (Å²) in [7, 11) is 0. The van der Waals surface area contributed by atoms with E-state index in [2.05, 4.69) is 137 Å². The van der Waals surface area contributed by atoms with Gasteiger partial charge in [-0.05, 0) is 50.6 Å². The van der Waals surface area contributed by atoms with Crippen molar-refractivity contribution in [3.8, 4) is 0 Å². The van der Waals surface area contributed by atoms with Crippen LogP contribution in [0.4, 0.5) is 11.4 Å². The lowest BCUT2D eigenvalue weighted by Crippen LogP contribution is -2.47. The molecule has 0 radical (unpaired) electrons. The van der Waals surface area contributed by atoms with Gasteiger partial charge in [0.25, 0.3) is 0 Å². The molecule has 0 amide bonds. The van der Waals surface area contributed by atoms with E-state index >= 15 is 0 Å². The molecule has 2 aromatic carbocycles. The van der Waals surface area contributed by atoms with E-state index in [9.17, 15) is 0 Å². The Morgan fingerprint density at radius 1 is 0.724 bits per heavy atom. The van der Waals surface area contributed by atoms with Gasteiger partial charge in [-0.25, -0.2) is 0 Å². The highest BCUT2D eigenvalue weighted by Gasteiger charge is 2.47. The molecule has 2 heterocycles. The highest BCUT2D eigenvalue weighted by atomic mass is 15.2. The van der Waals surface area contributed by atoms with Crippen molar-refractivity contribution in [1.82, 2.24) is 0 Å². The van der Waals surface area contributed by atoms with E-state index in [0.717, 1.165) is 6.54 Å². The fourth-order valence-electron chi connectivity index (χ4n) is 3.92. The molecule has 154 valence electrons. The Kier molecular flexibility index (Phi) is 5.67. The maximum atomic E-state index is 2.39. The van der Waals surface area contributed by atoms with Gasteiger partial charge in [0.2, 0.25) is 0 Å². The van der Waals surface area contributed by atoms with Gasteiger partial charge in [-0.1, -0.05) is 70.2 Å². The highest BCUT2D eigenvalue weighted by Crippen LogP contribution is 2.48. The third kappa shape index (κ3) is 4.27. The summed E-state index contributed by atoms with van der Waals surface area (Å²) in [6.45, 7) is 17.1. The summed E-state index contributed by atoms with van der Waals surface area (Å²) in [6, 6.07) is 21.1. The topological polar surface area (TPSA) is 6.48 Å². The molecule has 0 aromatic heterocycles. The molecule has 0 saturated heterocycles. The zero-order valence-electron chi connectivity index (χ0n) is 19.1. The van der Waals surface area contributed by atoms with Crippen LogP contribution in [0.15, 0.2) is 84.7 Å². The molecule has 2 aromatic rings. The minimum atomic E-state index is 0.123. The van der Waals surface area contributed by atoms with Crippen molar-refractivity contribution in [3.05, 3.63) is 84.7 Å². The smallest absolute Gasteiger partial charge is 0.0477 e. The van der Waals surface area contributed by atoms with Crippen LogP contribution in [0.1, 0.15) is 48.5 Å². The van der Waals surface area contributed by atoms with Gasteiger partial charge in [0.05, 0.1) is 0 Å². The summed E-state index contributed by atoms with van der Waals surface area (Å²) in [5, 5.41) is 0. The van der Waals surface area contributed by atoms with E-state index < -0.39 is 0 Å². The fourth-order valence-corrected chi connectivity index (χ4v) is 3.92. The summed E-state index contributed by atoms with van der Waals surface area (Å²) in [6.07, 6.45) is 6.73. The molecule has 0 bridgehead atoms. The lowest BCUT2D eigenvalue weighted by molar-refractivity contribution is 0.274. The predicted octanol–water partition coefficient (Wildman–Crippen LogP) is 7.26. The van der Waals surface area contributed by atoms with Crippen molar-refractivity contribution >= 4 is 11.4 Å². The molecular weight excluding hydrogens is 352 g/mol. The van der Waals surface area contributed by atoms with Gasteiger partial charge in [-0.15, -0.1) is 0 Å². The minimum absolute atomic E-state index is 0.123. The Hall–Kier alpha value is -2.48. The molecule has 0 aliphatic carbocycles. The fraction of sp³-hybridized carbons (Fsp3) is 0.407. The van der Waals surface area contributed by atoms with Crippen LogP contribution in [0.2, 0.25) is 0 Å². The third-order valence-corrected chi connectivity index (χ3v) is 6.85. The lowest BCUT2D eigenvalue weighted by atomic mass is 9.72. The van der Waals surface area contributed by atoms with E-state index in [1.165, 1.54) is 16.9 Å². The Labute approximate surface area is 177 Å². The molecule has 2 aliphatic rings. The first kappa shape index (κ1) is 21.2. The summed E-state index contributed by atoms with van der Waals surface area (Å²) < 4.78 is 0. The van der Waals surface area contributed by atoms with Crippen molar-refractivity contribution in [2.75, 3.05) is 16.3 Å². The molecular formula is C27H36N2. The first-order valence-electron chi connectivity index (χ1n) is 10.6. The minimum Gasteiger partial charge on any atom is -0.347 e.